The normalized spacial score (nSPS) is 14.3. The van der Waals surface area contributed by atoms with Crippen LogP contribution in [0.4, 0.5) is 0 Å². The average molecular weight is 319 g/mol. The van der Waals surface area contributed by atoms with Crippen LogP contribution in [0.15, 0.2) is 29.4 Å². The molecule has 0 amide bonds. The van der Waals surface area contributed by atoms with Crippen LogP contribution in [-0.4, -0.2) is 32.2 Å². The maximum absolute atomic E-state index is 9.32. The van der Waals surface area contributed by atoms with E-state index in [-0.39, 0.29) is 6.61 Å². The second kappa shape index (κ2) is 7.15. The van der Waals surface area contributed by atoms with Crippen molar-refractivity contribution in [2.24, 2.45) is 0 Å². The molecule has 1 saturated carbocycles. The maximum Gasteiger partial charge on any atom is 0.191 e. The summed E-state index contributed by atoms with van der Waals surface area (Å²) >= 11 is 1.63. The van der Waals surface area contributed by atoms with E-state index in [0.717, 1.165) is 35.9 Å². The van der Waals surface area contributed by atoms with Crippen LogP contribution >= 0.6 is 11.8 Å². The minimum absolute atomic E-state index is 0.0512. The molecule has 0 atom stereocenters. The molecule has 0 aliphatic heterocycles. The van der Waals surface area contributed by atoms with Crippen LogP contribution in [0.2, 0.25) is 0 Å². The number of nitrogens with zero attached hydrogens (tertiary/aromatic N) is 3. The number of aryl methyl sites for hydroxylation is 1. The first kappa shape index (κ1) is 15.4. The zero-order valence-corrected chi connectivity index (χ0v) is 13.6. The van der Waals surface area contributed by atoms with E-state index in [1.54, 1.807) is 11.8 Å². The molecule has 118 valence electrons. The average Bonchev–Trinajstić information content (AvgIpc) is 3.32. The lowest BCUT2D eigenvalue weighted by Gasteiger charge is -2.09. The molecule has 0 bridgehead atoms. The topological polar surface area (TPSA) is 60.2 Å². The maximum atomic E-state index is 9.32. The van der Waals surface area contributed by atoms with Crippen LogP contribution in [0.5, 0.6) is 5.75 Å². The van der Waals surface area contributed by atoms with Crippen molar-refractivity contribution in [2.45, 2.75) is 44.0 Å². The fourth-order valence-corrected chi connectivity index (χ4v) is 3.20. The minimum atomic E-state index is -0.0512. The Morgan fingerprint density at radius 2 is 2.23 bits per heavy atom. The summed E-state index contributed by atoms with van der Waals surface area (Å²) in [6.07, 6.45) is 3.32. The zero-order chi connectivity index (χ0) is 15.4. The molecule has 0 radical (unpaired) electrons. The smallest absolute Gasteiger partial charge is 0.191 e. The van der Waals surface area contributed by atoms with Gasteiger partial charge in [0.25, 0.3) is 0 Å². The number of aliphatic hydroxyl groups excluding tert-OH is 1. The van der Waals surface area contributed by atoms with Crippen molar-refractivity contribution in [1.82, 2.24) is 14.8 Å². The van der Waals surface area contributed by atoms with Crippen LogP contribution in [-0.2, 0) is 13.0 Å². The van der Waals surface area contributed by atoms with Gasteiger partial charge in [-0.3, -0.25) is 0 Å². The summed E-state index contributed by atoms with van der Waals surface area (Å²) in [6.45, 7) is 2.71. The van der Waals surface area contributed by atoms with Gasteiger partial charge in [-0.25, -0.2) is 0 Å². The highest BCUT2D eigenvalue weighted by atomic mass is 32.2. The monoisotopic (exact) mass is 319 g/mol. The molecule has 1 heterocycles. The molecule has 3 rings (SSSR count). The van der Waals surface area contributed by atoms with Gasteiger partial charge in [-0.2, -0.15) is 0 Å². The lowest BCUT2D eigenvalue weighted by atomic mass is 10.2. The Kier molecular flexibility index (Phi) is 5.00. The Morgan fingerprint density at radius 3 is 2.95 bits per heavy atom. The molecule has 0 spiro atoms. The van der Waals surface area contributed by atoms with Crippen molar-refractivity contribution in [2.75, 3.05) is 12.4 Å². The quantitative estimate of drug-likeness (QED) is 0.599. The van der Waals surface area contributed by atoms with Gasteiger partial charge < -0.3 is 14.4 Å². The third-order valence-corrected chi connectivity index (χ3v) is 4.59. The highest BCUT2D eigenvalue weighted by Gasteiger charge is 2.29. The summed E-state index contributed by atoms with van der Waals surface area (Å²) in [5.41, 5.74) is 1.28. The number of aliphatic hydroxyl groups is 1. The second-order valence-electron chi connectivity index (χ2n) is 5.36. The number of benzene rings is 1. The van der Waals surface area contributed by atoms with Gasteiger partial charge in [-0.1, -0.05) is 30.8 Å². The predicted molar refractivity (Wildman–Crippen MR) is 86.3 cm³/mol. The largest absolute Gasteiger partial charge is 0.493 e. The molecule has 1 aromatic heterocycles. The first-order valence-electron chi connectivity index (χ1n) is 7.71. The lowest BCUT2D eigenvalue weighted by Crippen LogP contribution is -2.05. The second-order valence-corrected chi connectivity index (χ2v) is 6.42. The Morgan fingerprint density at radius 1 is 1.36 bits per heavy atom. The Labute approximate surface area is 134 Å². The van der Waals surface area contributed by atoms with Crippen LogP contribution in [0.25, 0.3) is 0 Å². The van der Waals surface area contributed by atoms with Gasteiger partial charge in [0, 0.05) is 11.8 Å². The summed E-state index contributed by atoms with van der Waals surface area (Å²) in [6, 6.07) is 8.68. The molecule has 0 saturated heterocycles. The Bertz CT molecular complexity index is 626. The summed E-state index contributed by atoms with van der Waals surface area (Å²) in [5, 5.41) is 18.4. The number of thioether (sulfide) groups is 1. The molecule has 1 fully saturated rings. The molecule has 6 heteroatoms. The highest BCUT2D eigenvalue weighted by Crippen LogP contribution is 2.38. The van der Waals surface area contributed by atoms with E-state index in [1.165, 1.54) is 5.56 Å². The number of aromatic nitrogens is 3. The Balaban J connectivity index is 1.52. The van der Waals surface area contributed by atoms with Gasteiger partial charge >= 0.3 is 0 Å². The SMILES string of the molecule is CCc1cccc(OCCSc2nnc(CO)n2C2CC2)c1. The molecular weight excluding hydrogens is 298 g/mol. The molecule has 1 aromatic carbocycles. The van der Waals surface area contributed by atoms with Crippen LogP contribution in [0, 0.1) is 0 Å². The number of hydrogen-bond acceptors (Lipinski definition) is 5. The molecule has 1 aliphatic carbocycles. The molecular formula is C16H21N3O2S. The fourth-order valence-electron chi connectivity index (χ4n) is 2.36. The zero-order valence-electron chi connectivity index (χ0n) is 12.7. The van der Waals surface area contributed by atoms with Gasteiger partial charge in [0.1, 0.15) is 12.4 Å². The third kappa shape index (κ3) is 3.62. The first-order chi connectivity index (χ1) is 10.8. The molecule has 0 unspecified atom stereocenters. The van der Waals surface area contributed by atoms with E-state index in [2.05, 4.69) is 33.8 Å². The van der Waals surface area contributed by atoms with Gasteiger partial charge in [-0.05, 0) is 37.0 Å². The van der Waals surface area contributed by atoms with Gasteiger partial charge in [0.15, 0.2) is 11.0 Å². The summed E-state index contributed by atoms with van der Waals surface area (Å²) in [7, 11) is 0. The van der Waals surface area contributed by atoms with Gasteiger partial charge in [-0.15, -0.1) is 10.2 Å². The van der Waals surface area contributed by atoms with Crippen molar-refractivity contribution >= 4 is 11.8 Å². The van der Waals surface area contributed by atoms with E-state index in [4.69, 9.17) is 4.74 Å². The van der Waals surface area contributed by atoms with Crippen LogP contribution in [0.1, 0.15) is 37.2 Å². The van der Waals surface area contributed by atoms with E-state index >= 15 is 0 Å². The third-order valence-electron chi connectivity index (χ3n) is 3.68. The number of rotatable bonds is 8. The minimum Gasteiger partial charge on any atom is -0.493 e. The Hall–Kier alpha value is -1.53. The van der Waals surface area contributed by atoms with Crippen LogP contribution in [0.3, 0.4) is 0 Å². The summed E-state index contributed by atoms with van der Waals surface area (Å²) in [5.74, 6) is 2.40. The molecule has 5 nitrogen and oxygen atoms in total. The van der Waals surface area contributed by atoms with Gasteiger partial charge in [0.05, 0.1) is 6.61 Å². The molecule has 22 heavy (non-hydrogen) atoms. The highest BCUT2D eigenvalue weighted by molar-refractivity contribution is 7.99. The lowest BCUT2D eigenvalue weighted by molar-refractivity contribution is 0.263. The number of ether oxygens (including phenoxy) is 1. The van der Waals surface area contributed by atoms with Crippen LogP contribution < -0.4 is 4.74 Å². The standard InChI is InChI=1S/C16H21N3O2S/c1-2-12-4-3-5-14(10-12)21-8-9-22-16-18-17-15(11-20)19(16)13-6-7-13/h3-5,10,13,20H,2,6-9,11H2,1H3. The van der Waals surface area contributed by atoms with Crippen molar-refractivity contribution in [3.63, 3.8) is 0 Å². The van der Waals surface area contributed by atoms with Crippen molar-refractivity contribution in [3.05, 3.63) is 35.7 Å². The van der Waals surface area contributed by atoms with Crippen molar-refractivity contribution in [3.8, 4) is 5.75 Å². The van der Waals surface area contributed by atoms with Crippen molar-refractivity contribution in [1.29, 1.82) is 0 Å². The summed E-state index contributed by atoms with van der Waals surface area (Å²) in [4.78, 5) is 0. The fraction of sp³-hybridized carbons (Fsp3) is 0.500. The summed E-state index contributed by atoms with van der Waals surface area (Å²) < 4.78 is 7.86. The van der Waals surface area contributed by atoms with E-state index in [1.807, 2.05) is 12.1 Å². The van der Waals surface area contributed by atoms with Crippen molar-refractivity contribution < 1.29 is 9.84 Å². The molecule has 1 N–H and O–H groups in total. The first-order valence-corrected chi connectivity index (χ1v) is 8.69. The van der Waals surface area contributed by atoms with Gasteiger partial charge in [0.2, 0.25) is 0 Å². The predicted octanol–water partition coefficient (Wildman–Crippen LogP) is 2.84. The van der Waals surface area contributed by atoms with E-state index < -0.39 is 0 Å². The van der Waals surface area contributed by atoms with E-state index in [0.29, 0.717) is 18.5 Å². The molecule has 2 aromatic rings. The number of hydrogen-bond donors (Lipinski definition) is 1. The molecule has 1 aliphatic rings. The van der Waals surface area contributed by atoms with E-state index in [9.17, 15) is 5.11 Å².